The van der Waals surface area contributed by atoms with E-state index >= 15 is 0 Å². The number of hydrogen-bond donors (Lipinski definition) is 0. The monoisotopic (exact) mass is 317 g/mol. The van der Waals surface area contributed by atoms with Gasteiger partial charge in [0.25, 0.3) is 0 Å². The van der Waals surface area contributed by atoms with Gasteiger partial charge in [-0.05, 0) is 17.7 Å². The molecule has 0 N–H and O–H groups in total. The minimum Gasteiger partial charge on any atom is -0.380 e. The van der Waals surface area contributed by atoms with E-state index in [1.54, 1.807) is 12.0 Å². The van der Waals surface area contributed by atoms with Gasteiger partial charge in [0.2, 0.25) is 15.0 Å². The van der Waals surface area contributed by atoms with E-state index in [4.69, 9.17) is 15.4 Å². The lowest BCUT2D eigenvalue weighted by Crippen LogP contribution is -2.25. The lowest BCUT2D eigenvalue weighted by molar-refractivity contribution is -0.117. The van der Waals surface area contributed by atoms with Crippen LogP contribution >= 0.6 is 10.7 Å². The van der Waals surface area contributed by atoms with Gasteiger partial charge >= 0.3 is 0 Å². The fourth-order valence-corrected chi connectivity index (χ4v) is 3.68. The Bertz CT molecular complexity index is 585. The molecule has 0 saturated carbocycles. The van der Waals surface area contributed by atoms with E-state index < -0.39 is 9.05 Å². The lowest BCUT2D eigenvalue weighted by Gasteiger charge is -2.17. The molecule has 0 bridgehead atoms. The van der Waals surface area contributed by atoms with Crippen LogP contribution in [0.1, 0.15) is 12.0 Å². The van der Waals surface area contributed by atoms with Crippen molar-refractivity contribution in [3.63, 3.8) is 0 Å². The predicted molar refractivity (Wildman–Crippen MR) is 77.3 cm³/mol. The van der Waals surface area contributed by atoms with Gasteiger partial charge in [-0.1, -0.05) is 12.1 Å². The minimum absolute atomic E-state index is 0.0743. The highest BCUT2D eigenvalue weighted by Crippen LogP contribution is 2.26. The summed E-state index contributed by atoms with van der Waals surface area (Å²) in [5, 5.41) is 0. The normalized spacial score (nSPS) is 19.6. The summed E-state index contributed by atoms with van der Waals surface area (Å²) in [6.07, 6.45) is 0.214. The second kappa shape index (κ2) is 6.11. The van der Waals surface area contributed by atoms with E-state index in [0.29, 0.717) is 13.2 Å². The Morgan fingerprint density at radius 3 is 2.55 bits per heavy atom. The molecule has 2 rings (SSSR count). The summed E-state index contributed by atoms with van der Waals surface area (Å²) in [5.41, 5.74) is 1.78. The number of amides is 1. The second-order valence-electron chi connectivity index (χ2n) is 4.88. The number of hydrogen-bond acceptors (Lipinski definition) is 4. The maximum atomic E-state index is 11.9. The topological polar surface area (TPSA) is 63.7 Å². The van der Waals surface area contributed by atoms with Crippen molar-refractivity contribution in [2.75, 3.05) is 24.3 Å². The Kier molecular flexibility index (Phi) is 4.67. The summed E-state index contributed by atoms with van der Waals surface area (Å²) in [6.45, 7) is 0.899. The van der Waals surface area contributed by atoms with Crippen molar-refractivity contribution in [3.8, 4) is 0 Å². The van der Waals surface area contributed by atoms with Gasteiger partial charge in [-0.2, -0.15) is 0 Å². The highest BCUT2D eigenvalue weighted by Gasteiger charge is 2.33. The van der Waals surface area contributed by atoms with Crippen LogP contribution in [0.15, 0.2) is 24.3 Å². The first-order chi connectivity index (χ1) is 9.39. The van der Waals surface area contributed by atoms with Crippen LogP contribution in [0.2, 0.25) is 0 Å². The molecule has 1 atom stereocenters. The molecule has 20 heavy (non-hydrogen) atoms. The third kappa shape index (κ3) is 3.94. The summed E-state index contributed by atoms with van der Waals surface area (Å²) in [4.78, 5) is 13.5. The highest BCUT2D eigenvalue weighted by atomic mass is 35.7. The van der Waals surface area contributed by atoms with Crippen LogP contribution in [0.5, 0.6) is 0 Å². The van der Waals surface area contributed by atoms with Crippen LogP contribution in [0.25, 0.3) is 0 Å². The van der Waals surface area contributed by atoms with Gasteiger partial charge in [-0.3, -0.25) is 4.79 Å². The number of anilines is 1. The molecule has 0 spiro atoms. The standard InChI is InChI=1S/C13H16ClNO4S/c1-19-8-10-2-4-12(5-3-10)15-7-11(6-13(15)16)9-20(14,17)18/h2-5,11H,6-9H2,1H3. The van der Waals surface area contributed by atoms with E-state index in [1.165, 1.54) is 0 Å². The molecular formula is C13H16ClNO4S. The summed E-state index contributed by atoms with van der Waals surface area (Å²) in [6, 6.07) is 7.45. The quantitative estimate of drug-likeness (QED) is 0.776. The molecule has 1 aromatic carbocycles. The smallest absolute Gasteiger partial charge is 0.232 e. The van der Waals surface area contributed by atoms with Crippen molar-refractivity contribution in [1.82, 2.24) is 0 Å². The number of methoxy groups -OCH3 is 1. The molecular weight excluding hydrogens is 302 g/mol. The number of carbonyl (C=O) groups is 1. The highest BCUT2D eigenvalue weighted by molar-refractivity contribution is 8.13. The molecule has 1 heterocycles. The Morgan fingerprint density at radius 1 is 1.35 bits per heavy atom. The number of halogens is 1. The molecule has 5 nitrogen and oxygen atoms in total. The van der Waals surface area contributed by atoms with Crippen LogP contribution in [0.4, 0.5) is 5.69 Å². The maximum absolute atomic E-state index is 11.9. The maximum Gasteiger partial charge on any atom is 0.232 e. The van der Waals surface area contributed by atoms with Gasteiger partial charge in [0.1, 0.15) is 0 Å². The lowest BCUT2D eigenvalue weighted by atomic mass is 10.1. The van der Waals surface area contributed by atoms with Crippen LogP contribution < -0.4 is 4.90 Å². The zero-order valence-electron chi connectivity index (χ0n) is 11.1. The summed E-state index contributed by atoms with van der Waals surface area (Å²) in [7, 11) is 3.28. The molecule has 110 valence electrons. The zero-order valence-corrected chi connectivity index (χ0v) is 12.7. The van der Waals surface area contributed by atoms with E-state index in [9.17, 15) is 13.2 Å². The van der Waals surface area contributed by atoms with Crippen molar-refractivity contribution in [1.29, 1.82) is 0 Å². The fraction of sp³-hybridized carbons (Fsp3) is 0.462. The SMILES string of the molecule is COCc1ccc(N2CC(CS(=O)(=O)Cl)CC2=O)cc1. The third-order valence-electron chi connectivity index (χ3n) is 3.20. The van der Waals surface area contributed by atoms with Crippen molar-refractivity contribution < 1.29 is 17.9 Å². The number of benzene rings is 1. The zero-order chi connectivity index (χ0) is 14.8. The van der Waals surface area contributed by atoms with Crippen LogP contribution in [0.3, 0.4) is 0 Å². The van der Waals surface area contributed by atoms with Crippen molar-refractivity contribution >= 4 is 31.3 Å². The Morgan fingerprint density at radius 2 is 2.00 bits per heavy atom. The number of carbonyl (C=O) groups excluding carboxylic acids is 1. The van der Waals surface area contributed by atoms with Crippen molar-refractivity contribution in [2.24, 2.45) is 5.92 Å². The third-order valence-corrected chi connectivity index (χ3v) is 4.45. The van der Waals surface area contributed by atoms with E-state index in [2.05, 4.69) is 0 Å². The molecule has 0 aliphatic carbocycles. The van der Waals surface area contributed by atoms with Gasteiger partial charge in [-0.25, -0.2) is 8.42 Å². The summed E-state index contributed by atoms with van der Waals surface area (Å²) in [5.74, 6) is -0.489. The second-order valence-corrected chi connectivity index (χ2v) is 7.70. The minimum atomic E-state index is -3.57. The molecule has 1 unspecified atom stereocenters. The average molecular weight is 318 g/mol. The molecule has 1 aliphatic rings. The largest absolute Gasteiger partial charge is 0.380 e. The van der Waals surface area contributed by atoms with E-state index in [0.717, 1.165) is 11.3 Å². The van der Waals surface area contributed by atoms with E-state index in [-0.39, 0.29) is 24.0 Å². The van der Waals surface area contributed by atoms with Crippen molar-refractivity contribution in [2.45, 2.75) is 13.0 Å². The van der Waals surface area contributed by atoms with Crippen LogP contribution in [-0.4, -0.2) is 33.7 Å². The fourth-order valence-electron chi connectivity index (χ4n) is 2.36. The number of ether oxygens (including phenoxy) is 1. The van der Waals surface area contributed by atoms with Gasteiger partial charge in [0.05, 0.1) is 12.4 Å². The van der Waals surface area contributed by atoms with E-state index in [1.807, 2.05) is 24.3 Å². The van der Waals surface area contributed by atoms with Crippen LogP contribution in [-0.2, 0) is 25.2 Å². The molecule has 1 aromatic rings. The number of rotatable bonds is 5. The van der Waals surface area contributed by atoms with Gasteiger partial charge in [-0.15, -0.1) is 0 Å². The summed E-state index contributed by atoms with van der Waals surface area (Å²) < 4.78 is 27.2. The van der Waals surface area contributed by atoms with Gasteiger partial charge in [0, 0.05) is 42.4 Å². The molecule has 1 aliphatic heterocycles. The van der Waals surface area contributed by atoms with Gasteiger partial charge in [0.15, 0.2) is 0 Å². The summed E-state index contributed by atoms with van der Waals surface area (Å²) >= 11 is 0. The number of nitrogens with zero attached hydrogens (tertiary/aromatic N) is 1. The average Bonchev–Trinajstić information content (AvgIpc) is 2.69. The van der Waals surface area contributed by atoms with Crippen molar-refractivity contribution in [3.05, 3.63) is 29.8 Å². The van der Waals surface area contributed by atoms with Gasteiger partial charge < -0.3 is 9.64 Å². The molecule has 1 saturated heterocycles. The molecule has 7 heteroatoms. The Labute approximate surface area is 122 Å². The first-order valence-corrected chi connectivity index (χ1v) is 8.67. The molecule has 1 fully saturated rings. The first-order valence-electron chi connectivity index (χ1n) is 6.19. The molecule has 1 amide bonds. The Balaban J connectivity index is 2.07. The predicted octanol–water partition coefficient (Wildman–Crippen LogP) is 1.75. The molecule has 0 aromatic heterocycles. The Hall–Kier alpha value is -1.11. The van der Waals surface area contributed by atoms with Crippen LogP contribution in [0, 0.1) is 5.92 Å². The molecule has 0 radical (unpaired) electrons. The first kappa shape index (κ1) is 15.3.